The van der Waals surface area contributed by atoms with Gasteiger partial charge in [-0.3, -0.25) is 4.79 Å². The maximum absolute atomic E-state index is 13.7. The largest absolute Gasteiger partial charge is 0.347 e. The highest BCUT2D eigenvalue weighted by molar-refractivity contribution is 7.91. The van der Waals surface area contributed by atoms with E-state index in [1.807, 2.05) is 0 Å². The van der Waals surface area contributed by atoms with Crippen LogP contribution in [0.3, 0.4) is 0 Å². The number of rotatable bonds is 4. The number of ether oxygens (including phenoxy) is 2. The number of alkyl halides is 2. The first kappa shape index (κ1) is 20.8. The van der Waals surface area contributed by atoms with Crippen molar-refractivity contribution >= 4 is 15.7 Å². The first-order valence-electron chi connectivity index (χ1n) is 9.17. The van der Waals surface area contributed by atoms with Gasteiger partial charge >= 0.3 is 5.76 Å². The Morgan fingerprint density at radius 2 is 1.90 bits per heavy atom. The third-order valence-electron chi connectivity index (χ3n) is 5.51. The molecule has 2 atom stereocenters. The number of halogens is 3. The van der Waals surface area contributed by atoms with Crippen molar-refractivity contribution < 1.29 is 35.9 Å². The summed E-state index contributed by atoms with van der Waals surface area (Å²) in [5.41, 5.74) is -0.0484. The van der Waals surface area contributed by atoms with Crippen molar-refractivity contribution in [3.63, 3.8) is 0 Å². The normalized spacial score (nSPS) is 24.1. The van der Waals surface area contributed by atoms with E-state index in [1.165, 1.54) is 29.2 Å². The Balaban J connectivity index is 1.53. The van der Waals surface area contributed by atoms with Gasteiger partial charge in [0.25, 0.3) is 5.91 Å². The minimum absolute atomic E-state index is 0.0173. The fraction of sp³-hybridized carbons (Fsp3) is 0.350. The zero-order chi connectivity index (χ0) is 21.5. The van der Waals surface area contributed by atoms with Crippen LogP contribution in [0.1, 0.15) is 22.3 Å². The Hall–Kier alpha value is -2.43. The summed E-state index contributed by atoms with van der Waals surface area (Å²) in [6, 6.07) is 10.5. The van der Waals surface area contributed by atoms with E-state index in [0.29, 0.717) is 18.5 Å². The predicted molar refractivity (Wildman–Crippen MR) is 99.1 cm³/mol. The van der Waals surface area contributed by atoms with E-state index < -0.39 is 38.0 Å². The molecule has 0 aromatic heterocycles. The topological polar surface area (TPSA) is 72.9 Å². The Kier molecular flexibility index (Phi) is 5.33. The van der Waals surface area contributed by atoms with E-state index in [2.05, 4.69) is 0 Å². The van der Waals surface area contributed by atoms with Crippen LogP contribution in [0.4, 0.5) is 13.2 Å². The van der Waals surface area contributed by atoms with Gasteiger partial charge in [0.15, 0.2) is 0 Å². The van der Waals surface area contributed by atoms with Gasteiger partial charge in [-0.1, -0.05) is 12.1 Å². The average molecular weight is 441 g/mol. The van der Waals surface area contributed by atoms with Gasteiger partial charge in [0.2, 0.25) is 9.84 Å². The molecular weight excluding hydrogens is 423 g/mol. The third-order valence-corrected chi connectivity index (χ3v) is 6.91. The fourth-order valence-electron chi connectivity index (χ4n) is 3.90. The molecule has 160 valence electrons. The maximum atomic E-state index is 13.7. The van der Waals surface area contributed by atoms with Crippen molar-refractivity contribution in [3.05, 3.63) is 65.5 Å². The zero-order valence-electron chi connectivity index (χ0n) is 15.6. The van der Waals surface area contributed by atoms with E-state index in [4.69, 9.17) is 9.47 Å². The molecule has 30 heavy (non-hydrogen) atoms. The third kappa shape index (κ3) is 3.48. The SMILES string of the molecule is O=C(c1ccc(S(=O)(=O)C(F)F)cc1)N1CC[C@]2(c3cccc(F)c3)OCOC2C1. The van der Waals surface area contributed by atoms with E-state index in [1.54, 1.807) is 12.1 Å². The summed E-state index contributed by atoms with van der Waals surface area (Å²) >= 11 is 0. The molecule has 1 amide bonds. The first-order valence-corrected chi connectivity index (χ1v) is 10.7. The molecule has 2 aromatic rings. The van der Waals surface area contributed by atoms with Gasteiger partial charge in [0.1, 0.15) is 24.3 Å². The molecule has 6 nitrogen and oxygen atoms in total. The van der Waals surface area contributed by atoms with Gasteiger partial charge in [0, 0.05) is 18.5 Å². The number of hydrogen-bond donors (Lipinski definition) is 0. The second-order valence-electron chi connectivity index (χ2n) is 7.15. The second-order valence-corrected chi connectivity index (χ2v) is 9.07. The van der Waals surface area contributed by atoms with Gasteiger partial charge in [0.05, 0.1) is 11.4 Å². The number of hydrogen-bond acceptors (Lipinski definition) is 5. The van der Waals surface area contributed by atoms with E-state index in [0.717, 1.165) is 12.1 Å². The Bertz CT molecular complexity index is 1060. The smallest absolute Gasteiger partial charge is 0.341 e. The van der Waals surface area contributed by atoms with Crippen LogP contribution in [-0.4, -0.2) is 51.0 Å². The van der Waals surface area contributed by atoms with Gasteiger partial charge in [-0.25, -0.2) is 12.8 Å². The van der Waals surface area contributed by atoms with Crippen LogP contribution >= 0.6 is 0 Å². The summed E-state index contributed by atoms with van der Waals surface area (Å²) in [5.74, 6) is -4.32. The lowest BCUT2D eigenvalue weighted by molar-refractivity contribution is -0.0441. The van der Waals surface area contributed by atoms with Gasteiger partial charge in [-0.2, -0.15) is 8.78 Å². The first-order chi connectivity index (χ1) is 14.2. The molecule has 10 heteroatoms. The average Bonchev–Trinajstić information content (AvgIpc) is 3.17. The standard InChI is InChI=1S/C20H18F3NO5S/c21-15-3-1-2-14(10-15)20-8-9-24(11-17(20)28-12-29-20)18(25)13-4-6-16(7-5-13)30(26,27)19(22)23/h1-7,10,17,19H,8-9,11-12H2/t17?,20-/m1/s1. The fourth-order valence-corrected chi connectivity index (χ4v) is 4.62. The van der Waals surface area contributed by atoms with Crippen molar-refractivity contribution in [2.24, 2.45) is 0 Å². The zero-order valence-corrected chi connectivity index (χ0v) is 16.4. The number of benzene rings is 2. The summed E-state index contributed by atoms with van der Waals surface area (Å²) in [5, 5.41) is 0. The van der Waals surface area contributed by atoms with Crippen molar-refractivity contribution in [2.45, 2.75) is 28.8 Å². The number of amides is 1. The molecule has 0 radical (unpaired) electrons. The summed E-state index contributed by atoms with van der Waals surface area (Å²) < 4.78 is 73.6. The lowest BCUT2D eigenvalue weighted by atomic mass is 9.82. The Morgan fingerprint density at radius 1 is 1.17 bits per heavy atom. The highest BCUT2D eigenvalue weighted by Gasteiger charge is 2.51. The van der Waals surface area contributed by atoms with Crippen molar-refractivity contribution in [1.82, 2.24) is 4.90 Å². The molecule has 2 fully saturated rings. The second kappa shape index (κ2) is 7.68. The van der Waals surface area contributed by atoms with Crippen LogP contribution in [0, 0.1) is 5.82 Å². The van der Waals surface area contributed by atoms with Crippen LogP contribution < -0.4 is 0 Å². The number of carbonyl (C=O) groups excluding carboxylic acids is 1. The van der Waals surface area contributed by atoms with E-state index in [-0.39, 0.29) is 24.8 Å². The molecule has 2 aliphatic heterocycles. The monoisotopic (exact) mass is 441 g/mol. The molecule has 1 unspecified atom stereocenters. The Morgan fingerprint density at radius 3 is 2.57 bits per heavy atom. The van der Waals surface area contributed by atoms with Crippen molar-refractivity contribution in [3.8, 4) is 0 Å². The number of sulfone groups is 1. The molecule has 2 aromatic carbocycles. The van der Waals surface area contributed by atoms with Crippen LogP contribution in [-0.2, 0) is 24.9 Å². The number of likely N-dealkylation sites (tertiary alicyclic amines) is 1. The van der Waals surface area contributed by atoms with E-state index in [9.17, 15) is 26.4 Å². The van der Waals surface area contributed by atoms with Crippen LogP contribution in [0.5, 0.6) is 0 Å². The van der Waals surface area contributed by atoms with Crippen LogP contribution in [0.15, 0.2) is 53.4 Å². The van der Waals surface area contributed by atoms with Gasteiger partial charge in [-0.15, -0.1) is 0 Å². The highest BCUT2D eigenvalue weighted by atomic mass is 32.2. The molecule has 0 bridgehead atoms. The molecule has 4 rings (SSSR count). The molecule has 2 heterocycles. The molecule has 2 aliphatic rings. The van der Waals surface area contributed by atoms with E-state index >= 15 is 0 Å². The number of carbonyl (C=O) groups is 1. The highest BCUT2D eigenvalue weighted by Crippen LogP contribution is 2.42. The molecule has 0 aliphatic carbocycles. The maximum Gasteiger partial charge on any atom is 0.341 e. The summed E-state index contributed by atoms with van der Waals surface area (Å²) in [7, 11) is -4.72. The number of fused-ring (bicyclic) bond motifs is 1. The summed E-state index contributed by atoms with van der Waals surface area (Å²) in [6.45, 7) is 0.502. The summed E-state index contributed by atoms with van der Waals surface area (Å²) in [6.07, 6.45) is -0.125. The molecule has 0 saturated carbocycles. The van der Waals surface area contributed by atoms with Gasteiger partial charge < -0.3 is 14.4 Å². The van der Waals surface area contributed by atoms with Crippen LogP contribution in [0.2, 0.25) is 0 Å². The molecular formula is C20H18F3NO5S. The van der Waals surface area contributed by atoms with Gasteiger partial charge in [-0.05, 0) is 42.0 Å². The van der Waals surface area contributed by atoms with Crippen LogP contribution in [0.25, 0.3) is 0 Å². The molecule has 2 saturated heterocycles. The quantitative estimate of drug-likeness (QED) is 0.730. The molecule has 0 spiro atoms. The lowest BCUT2D eigenvalue weighted by Crippen LogP contribution is -2.53. The lowest BCUT2D eigenvalue weighted by Gasteiger charge is -2.42. The summed E-state index contributed by atoms with van der Waals surface area (Å²) in [4.78, 5) is 13.8. The minimum atomic E-state index is -4.72. The molecule has 0 N–H and O–H groups in total. The predicted octanol–water partition coefficient (Wildman–Crippen LogP) is 2.94. The Labute approximate surface area is 171 Å². The number of nitrogens with zero attached hydrogens (tertiary/aromatic N) is 1. The minimum Gasteiger partial charge on any atom is -0.347 e. The number of piperidine rings is 1. The van der Waals surface area contributed by atoms with Crippen molar-refractivity contribution in [1.29, 1.82) is 0 Å². The van der Waals surface area contributed by atoms with Crippen molar-refractivity contribution in [2.75, 3.05) is 19.9 Å².